The number of rotatable bonds is 3. The third-order valence-corrected chi connectivity index (χ3v) is 2.94. The van der Waals surface area contributed by atoms with Gasteiger partial charge in [-0.25, -0.2) is 4.98 Å². The second kappa shape index (κ2) is 4.50. The maximum Gasteiger partial charge on any atom is 0.249 e. The van der Waals surface area contributed by atoms with E-state index < -0.39 is 11.9 Å². The summed E-state index contributed by atoms with van der Waals surface area (Å²) in [5, 5.41) is 6.65. The Morgan fingerprint density at radius 3 is 2.94 bits per heavy atom. The van der Waals surface area contributed by atoms with Crippen LogP contribution in [-0.4, -0.2) is 28.7 Å². The summed E-state index contributed by atoms with van der Waals surface area (Å²) < 4.78 is 0. The maximum atomic E-state index is 11.6. The van der Waals surface area contributed by atoms with Crippen LogP contribution in [0.5, 0.6) is 0 Å². The highest BCUT2D eigenvalue weighted by atomic mass is 32.1. The number of anilines is 1. The number of aromatic nitrogens is 1. The van der Waals surface area contributed by atoms with E-state index in [1.165, 1.54) is 11.3 Å². The smallest absolute Gasteiger partial charge is 0.249 e. The van der Waals surface area contributed by atoms with Gasteiger partial charge in [0, 0.05) is 5.38 Å². The number of hydrogen-bond donors (Lipinski definition) is 3. The fourth-order valence-corrected chi connectivity index (χ4v) is 2.05. The Labute approximate surface area is 100 Å². The highest BCUT2D eigenvalue weighted by Gasteiger charge is 2.31. The lowest BCUT2D eigenvalue weighted by Gasteiger charge is -2.07. The molecular formula is C9H10N4O3S. The van der Waals surface area contributed by atoms with Gasteiger partial charge in [0.1, 0.15) is 6.04 Å². The van der Waals surface area contributed by atoms with Crippen LogP contribution in [0.3, 0.4) is 0 Å². The van der Waals surface area contributed by atoms with Crippen molar-refractivity contribution in [2.75, 3.05) is 5.73 Å². The molecule has 0 spiro atoms. The number of nitrogens with two attached hydrogens (primary N) is 1. The Morgan fingerprint density at radius 1 is 1.65 bits per heavy atom. The van der Waals surface area contributed by atoms with Gasteiger partial charge in [-0.3, -0.25) is 19.7 Å². The molecule has 2 heterocycles. The quantitative estimate of drug-likeness (QED) is 0.586. The molecule has 0 aliphatic carbocycles. The van der Waals surface area contributed by atoms with E-state index in [0.29, 0.717) is 10.8 Å². The van der Waals surface area contributed by atoms with E-state index in [4.69, 9.17) is 5.73 Å². The van der Waals surface area contributed by atoms with Crippen molar-refractivity contribution in [1.82, 2.24) is 15.6 Å². The van der Waals surface area contributed by atoms with Crippen molar-refractivity contribution in [3.8, 4) is 0 Å². The van der Waals surface area contributed by atoms with Crippen molar-refractivity contribution in [3.05, 3.63) is 11.1 Å². The van der Waals surface area contributed by atoms with Gasteiger partial charge >= 0.3 is 0 Å². The molecular weight excluding hydrogens is 244 g/mol. The van der Waals surface area contributed by atoms with Crippen LogP contribution in [0.4, 0.5) is 5.13 Å². The molecule has 1 fully saturated rings. The van der Waals surface area contributed by atoms with E-state index in [1.54, 1.807) is 5.38 Å². The lowest BCUT2D eigenvalue weighted by molar-refractivity contribution is -0.128. The van der Waals surface area contributed by atoms with Gasteiger partial charge in [0.15, 0.2) is 5.13 Å². The largest absolute Gasteiger partial charge is 0.375 e. The van der Waals surface area contributed by atoms with Gasteiger partial charge < -0.3 is 11.1 Å². The van der Waals surface area contributed by atoms with Crippen molar-refractivity contribution in [3.63, 3.8) is 0 Å². The fraction of sp³-hybridized carbons (Fsp3) is 0.333. The Kier molecular flexibility index (Phi) is 3.05. The predicted molar refractivity (Wildman–Crippen MR) is 59.9 cm³/mol. The lowest BCUT2D eigenvalue weighted by Crippen LogP contribution is -2.40. The van der Waals surface area contributed by atoms with E-state index in [-0.39, 0.29) is 24.7 Å². The standard InChI is InChI=1S/C9H10N4O3S/c10-9-11-4(3-17-9)1-6(14)12-5-2-7(15)13-8(5)16/h3,5H,1-2H2,(H2,10,11)(H,12,14)(H,13,15,16). The van der Waals surface area contributed by atoms with Gasteiger partial charge in [-0.2, -0.15) is 0 Å². The summed E-state index contributed by atoms with van der Waals surface area (Å²) in [7, 11) is 0. The monoisotopic (exact) mass is 254 g/mol. The van der Waals surface area contributed by atoms with Crippen molar-refractivity contribution in [2.45, 2.75) is 18.9 Å². The van der Waals surface area contributed by atoms with Crippen LogP contribution in [0.15, 0.2) is 5.38 Å². The Balaban J connectivity index is 1.89. The van der Waals surface area contributed by atoms with Crippen molar-refractivity contribution in [1.29, 1.82) is 0 Å². The zero-order chi connectivity index (χ0) is 12.4. The van der Waals surface area contributed by atoms with Crippen LogP contribution in [0.1, 0.15) is 12.1 Å². The van der Waals surface area contributed by atoms with Gasteiger partial charge in [-0.05, 0) is 0 Å². The van der Waals surface area contributed by atoms with Gasteiger partial charge in [-0.1, -0.05) is 0 Å². The van der Waals surface area contributed by atoms with Crippen LogP contribution in [-0.2, 0) is 20.8 Å². The van der Waals surface area contributed by atoms with E-state index in [2.05, 4.69) is 15.6 Å². The first-order chi connectivity index (χ1) is 8.04. The fourth-order valence-electron chi connectivity index (χ4n) is 1.48. The van der Waals surface area contributed by atoms with Crippen LogP contribution in [0.2, 0.25) is 0 Å². The molecule has 0 aromatic carbocycles. The number of amides is 3. The van der Waals surface area contributed by atoms with E-state index in [0.717, 1.165) is 0 Å². The third-order valence-electron chi connectivity index (χ3n) is 2.22. The number of thiazole rings is 1. The van der Waals surface area contributed by atoms with E-state index in [1.807, 2.05) is 0 Å². The Bertz CT molecular complexity index is 484. The van der Waals surface area contributed by atoms with Crippen LogP contribution >= 0.6 is 11.3 Å². The average Bonchev–Trinajstić information content (AvgIpc) is 2.74. The molecule has 1 aliphatic heterocycles. The number of nitrogens with zero attached hydrogens (tertiary/aromatic N) is 1. The number of carbonyl (C=O) groups excluding carboxylic acids is 3. The van der Waals surface area contributed by atoms with Gasteiger partial charge in [0.2, 0.25) is 17.7 Å². The summed E-state index contributed by atoms with van der Waals surface area (Å²) in [5.74, 6) is -1.20. The van der Waals surface area contributed by atoms with Crippen LogP contribution in [0, 0.1) is 0 Å². The molecule has 1 atom stereocenters. The van der Waals surface area contributed by atoms with Crippen LogP contribution in [0.25, 0.3) is 0 Å². The number of hydrogen-bond acceptors (Lipinski definition) is 6. The first kappa shape index (κ1) is 11.5. The normalized spacial score (nSPS) is 19.2. The molecule has 1 aromatic rings. The van der Waals surface area contributed by atoms with Crippen molar-refractivity contribution >= 4 is 34.2 Å². The molecule has 17 heavy (non-hydrogen) atoms. The van der Waals surface area contributed by atoms with Gasteiger partial charge in [0.25, 0.3) is 0 Å². The molecule has 7 nitrogen and oxygen atoms in total. The number of carbonyl (C=O) groups is 3. The van der Waals surface area contributed by atoms with Gasteiger partial charge in [0.05, 0.1) is 18.5 Å². The van der Waals surface area contributed by atoms with Crippen molar-refractivity contribution < 1.29 is 14.4 Å². The second-order valence-corrected chi connectivity index (χ2v) is 4.48. The number of nitrogen functional groups attached to an aromatic ring is 1. The minimum atomic E-state index is -0.772. The summed E-state index contributed by atoms with van der Waals surface area (Å²) in [4.78, 5) is 37.6. The first-order valence-corrected chi connectivity index (χ1v) is 5.75. The maximum absolute atomic E-state index is 11.6. The average molecular weight is 254 g/mol. The summed E-state index contributed by atoms with van der Waals surface area (Å²) in [6.45, 7) is 0. The molecule has 90 valence electrons. The summed E-state index contributed by atoms with van der Waals surface area (Å²) in [6.07, 6.45) is 0.0372. The third kappa shape index (κ3) is 2.78. The highest BCUT2D eigenvalue weighted by Crippen LogP contribution is 2.11. The molecule has 1 saturated heterocycles. The number of imide groups is 1. The SMILES string of the molecule is Nc1nc(CC(=O)NC2CC(=O)NC2=O)cs1. The predicted octanol–water partition coefficient (Wildman–Crippen LogP) is -1.20. The lowest BCUT2D eigenvalue weighted by atomic mass is 10.2. The molecule has 4 N–H and O–H groups in total. The Morgan fingerprint density at radius 2 is 2.41 bits per heavy atom. The molecule has 1 unspecified atom stereocenters. The van der Waals surface area contributed by atoms with Crippen molar-refractivity contribution in [2.24, 2.45) is 0 Å². The molecule has 0 radical (unpaired) electrons. The molecule has 1 aromatic heterocycles. The summed E-state index contributed by atoms with van der Waals surface area (Å²) >= 11 is 1.24. The molecule has 0 bridgehead atoms. The summed E-state index contributed by atoms with van der Waals surface area (Å²) in [6, 6.07) is -0.772. The molecule has 3 amide bonds. The van der Waals surface area contributed by atoms with Crippen LogP contribution < -0.4 is 16.4 Å². The number of nitrogens with one attached hydrogen (secondary N) is 2. The van der Waals surface area contributed by atoms with E-state index in [9.17, 15) is 14.4 Å². The molecule has 0 saturated carbocycles. The molecule has 2 rings (SSSR count). The zero-order valence-corrected chi connectivity index (χ0v) is 9.54. The van der Waals surface area contributed by atoms with E-state index >= 15 is 0 Å². The topological polar surface area (TPSA) is 114 Å². The highest BCUT2D eigenvalue weighted by molar-refractivity contribution is 7.13. The summed E-state index contributed by atoms with van der Waals surface area (Å²) in [5.41, 5.74) is 5.98. The zero-order valence-electron chi connectivity index (χ0n) is 8.73. The molecule has 1 aliphatic rings. The molecule has 8 heteroatoms. The minimum absolute atomic E-state index is 0.0101. The van der Waals surface area contributed by atoms with Gasteiger partial charge in [-0.15, -0.1) is 11.3 Å². The first-order valence-electron chi connectivity index (χ1n) is 4.87. The minimum Gasteiger partial charge on any atom is -0.375 e. The Hall–Kier alpha value is -1.96. The second-order valence-electron chi connectivity index (χ2n) is 3.59.